The average Bonchev–Trinajstić information content (AvgIpc) is 2.55. The standard InChI is InChI=1S/C16H19F4NO3/c1-24-15(23)13(11-4-2-3-5-12(11)17)21-8-6-10(7-9-21)14(22)16(18,19)20/h2-5,10,13-14,22H,6-9H2,1H3. The maximum Gasteiger partial charge on any atom is 0.414 e. The third kappa shape index (κ3) is 4.05. The van der Waals surface area contributed by atoms with E-state index in [1.807, 2.05) is 0 Å². The molecule has 0 radical (unpaired) electrons. The minimum atomic E-state index is -4.67. The van der Waals surface area contributed by atoms with Crippen molar-refractivity contribution in [1.82, 2.24) is 4.90 Å². The summed E-state index contributed by atoms with van der Waals surface area (Å²) in [7, 11) is 1.18. The van der Waals surface area contributed by atoms with Gasteiger partial charge >= 0.3 is 12.1 Å². The SMILES string of the molecule is COC(=O)C(c1ccccc1F)N1CCC(C(O)C(F)(F)F)CC1. The molecule has 1 saturated heterocycles. The highest BCUT2D eigenvalue weighted by Gasteiger charge is 2.45. The highest BCUT2D eigenvalue weighted by molar-refractivity contribution is 5.77. The van der Waals surface area contributed by atoms with Crippen molar-refractivity contribution in [3.63, 3.8) is 0 Å². The first-order valence-corrected chi connectivity index (χ1v) is 7.56. The molecule has 134 valence electrons. The van der Waals surface area contributed by atoms with Gasteiger partial charge in [-0.1, -0.05) is 18.2 Å². The third-order valence-corrected chi connectivity index (χ3v) is 4.35. The van der Waals surface area contributed by atoms with Crippen LogP contribution in [0.2, 0.25) is 0 Å². The Morgan fingerprint density at radius 3 is 2.38 bits per heavy atom. The van der Waals surface area contributed by atoms with Crippen LogP contribution in [-0.4, -0.2) is 48.5 Å². The summed E-state index contributed by atoms with van der Waals surface area (Å²) in [5.41, 5.74) is 0.124. The highest BCUT2D eigenvalue weighted by Crippen LogP contribution is 2.34. The van der Waals surface area contributed by atoms with Gasteiger partial charge in [0.2, 0.25) is 0 Å². The van der Waals surface area contributed by atoms with Crippen LogP contribution in [0.3, 0.4) is 0 Å². The first-order valence-electron chi connectivity index (χ1n) is 7.56. The molecule has 1 heterocycles. The number of halogens is 4. The number of methoxy groups -OCH3 is 1. The number of ether oxygens (including phenoxy) is 1. The Morgan fingerprint density at radius 2 is 1.88 bits per heavy atom. The number of aliphatic hydroxyl groups is 1. The number of rotatable bonds is 4. The van der Waals surface area contributed by atoms with Crippen LogP contribution in [0.4, 0.5) is 17.6 Å². The Labute approximate surface area is 137 Å². The van der Waals surface area contributed by atoms with Crippen LogP contribution in [-0.2, 0) is 9.53 Å². The van der Waals surface area contributed by atoms with Gasteiger partial charge in [0.1, 0.15) is 11.9 Å². The second-order valence-electron chi connectivity index (χ2n) is 5.81. The quantitative estimate of drug-likeness (QED) is 0.671. The molecule has 1 fully saturated rings. The highest BCUT2D eigenvalue weighted by atomic mass is 19.4. The first-order chi connectivity index (χ1) is 11.3. The summed E-state index contributed by atoms with van der Waals surface area (Å²) in [5, 5.41) is 9.36. The van der Waals surface area contributed by atoms with Crippen LogP contribution < -0.4 is 0 Å². The molecule has 2 unspecified atom stereocenters. The lowest BCUT2D eigenvalue weighted by molar-refractivity contribution is -0.223. The van der Waals surface area contributed by atoms with Gasteiger partial charge in [-0.3, -0.25) is 4.90 Å². The van der Waals surface area contributed by atoms with Gasteiger partial charge < -0.3 is 9.84 Å². The molecule has 2 rings (SSSR count). The lowest BCUT2D eigenvalue weighted by atomic mass is 9.89. The van der Waals surface area contributed by atoms with Crippen molar-refractivity contribution in [3.8, 4) is 0 Å². The van der Waals surface area contributed by atoms with E-state index in [1.165, 1.54) is 25.3 Å². The van der Waals surface area contributed by atoms with Crippen LogP contribution in [0, 0.1) is 11.7 Å². The lowest BCUT2D eigenvalue weighted by Gasteiger charge is -2.38. The van der Waals surface area contributed by atoms with Crippen LogP contribution in [0.1, 0.15) is 24.4 Å². The predicted octanol–water partition coefficient (Wildman–Crippen LogP) is 2.68. The summed E-state index contributed by atoms with van der Waals surface area (Å²) in [6, 6.07) is 4.72. The van der Waals surface area contributed by atoms with Crippen LogP contribution >= 0.6 is 0 Å². The van der Waals surface area contributed by atoms with E-state index in [4.69, 9.17) is 4.74 Å². The number of alkyl halides is 3. The maximum atomic E-state index is 14.0. The van der Waals surface area contributed by atoms with Gasteiger partial charge in [-0.05, 0) is 37.9 Å². The molecule has 0 saturated carbocycles. The van der Waals surface area contributed by atoms with Crippen molar-refractivity contribution in [2.75, 3.05) is 20.2 Å². The molecule has 0 spiro atoms. The number of nitrogens with zero attached hydrogens (tertiary/aromatic N) is 1. The molecule has 24 heavy (non-hydrogen) atoms. The molecule has 1 aliphatic heterocycles. The van der Waals surface area contributed by atoms with Crippen LogP contribution in [0.15, 0.2) is 24.3 Å². The molecule has 0 aliphatic carbocycles. The molecule has 4 nitrogen and oxygen atoms in total. The van der Waals surface area contributed by atoms with Crippen LogP contribution in [0.5, 0.6) is 0 Å². The summed E-state index contributed by atoms with van der Waals surface area (Å²) in [5.74, 6) is -2.18. The lowest BCUT2D eigenvalue weighted by Crippen LogP contribution is -2.46. The number of likely N-dealkylation sites (tertiary alicyclic amines) is 1. The molecule has 2 atom stereocenters. The molecular formula is C16H19F4NO3. The van der Waals surface area contributed by atoms with Gasteiger partial charge in [0.05, 0.1) is 7.11 Å². The smallest absolute Gasteiger partial charge is 0.414 e. The largest absolute Gasteiger partial charge is 0.468 e. The van der Waals surface area contributed by atoms with Gasteiger partial charge in [-0.25, -0.2) is 9.18 Å². The summed E-state index contributed by atoms with van der Waals surface area (Å²) in [6.45, 7) is 0.262. The number of carbonyl (C=O) groups excluding carboxylic acids is 1. The second-order valence-corrected chi connectivity index (χ2v) is 5.81. The molecule has 1 aromatic rings. The molecule has 0 bridgehead atoms. The predicted molar refractivity (Wildman–Crippen MR) is 77.5 cm³/mol. The monoisotopic (exact) mass is 349 g/mol. The average molecular weight is 349 g/mol. The van der Waals surface area contributed by atoms with E-state index in [9.17, 15) is 27.5 Å². The fourth-order valence-electron chi connectivity index (χ4n) is 3.04. The fraction of sp³-hybridized carbons (Fsp3) is 0.562. The van der Waals surface area contributed by atoms with Crippen LogP contribution in [0.25, 0.3) is 0 Å². The molecular weight excluding hydrogens is 330 g/mol. The van der Waals surface area contributed by atoms with Gasteiger partial charge in [0.15, 0.2) is 6.10 Å². The van der Waals surface area contributed by atoms with E-state index in [-0.39, 0.29) is 31.5 Å². The number of esters is 1. The van der Waals surface area contributed by atoms with E-state index in [2.05, 4.69) is 0 Å². The number of benzene rings is 1. The summed E-state index contributed by atoms with van der Waals surface area (Å²) >= 11 is 0. The Balaban J connectivity index is 2.14. The zero-order chi connectivity index (χ0) is 17.9. The molecule has 1 aromatic carbocycles. The maximum absolute atomic E-state index is 14.0. The molecule has 1 aliphatic rings. The minimum absolute atomic E-state index is 0.0582. The van der Waals surface area contributed by atoms with E-state index in [0.29, 0.717) is 0 Å². The Kier molecular flexibility index (Phi) is 5.82. The number of carbonyl (C=O) groups is 1. The zero-order valence-corrected chi connectivity index (χ0v) is 13.1. The van der Waals surface area contributed by atoms with Crippen molar-refractivity contribution in [3.05, 3.63) is 35.6 Å². The van der Waals surface area contributed by atoms with E-state index in [1.54, 1.807) is 11.0 Å². The topological polar surface area (TPSA) is 49.8 Å². The van der Waals surface area contributed by atoms with Crippen molar-refractivity contribution in [2.24, 2.45) is 5.92 Å². The Bertz CT molecular complexity index is 571. The number of aliphatic hydroxyl groups excluding tert-OH is 1. The number of piperidine rings is 1. The first kappa shape index (κ1) is 18.7. The summed E-state index contributed by atoms with van der Waals surface area (Å²) in [6.07, 6.45) is -6.93. The third-order valence-electron chi connectivity index (χ3n) is 4.35. The Morgan fingerprint density at radius 1 is 1.29 bits per heavy atom. The van der Waals surface area contributed by atoms with Gasteiger partial charge in [0, 0.05) is 5.56 Å². The molecule has 8 heteroatoms. The van der Waals surface area contributed by atoms with E-state index in [0.717, 1.165) is 0 Å². The minimum Gasteiger partial charge on any atom is -0.468 e. The zero-order valence-electron chi connectivity index (χ0n) is 13.1. The normalized spacial score (nSPS) is 19.8. The van der Waals surface area contributed by atoms with Gasteiger partial charge in [-0.2, -0.15) is 13.2 Å². The molecule has 1 N–H and O–H groups in total. The van der Waals surface area contributed by atoms with Gasteiger partial charge in [0.25, 0.3) is 0 Å². The van der Waals surface area contributed by atoms with Crippen molar-refractivity contribution < 1.29 is 32.2 Å². The van der Waals surface area contributed by atoms with Crippen molar-refractivity contribution in [1.29, 1.82) is 0 Å². The van der Waals surface area contributed by atoms with Crippen molar-refractivity contribution >= 4 is 5.97 Å². The second kappa shape index (κ2) is 7.48. The molecule has 0 amide bonds. The van der Waals surface area contributed by atoms with E-state index >= 15 is 0 Å². The number of hydrogen-bond donors (Lipinski definition) is 1. The number of hydrogen-bond acceptors (Lipinski definition) is 4. The summed E-state index contributed by atoms with van der Waals surface area (Å²) < 4.78 is 56.6. The van der Waals surface area contributed by atoms with Crippen molar-refractivity contribution in [2.45, 2.75) is 31.2 Å². The molecule has 0 aromatic heterocycles. The fourth-order valence-corrected chi connectivity index (χ4v) is 3.04. The summed E-state index contributed by atoms with van der Waals surface area (Å²) in [4.78, 5) is 13.7. The van der Waals surface area contributed by atoms with E-state index < -0.39 is 36.0 Å². The Hall–Kier alpha value is -1.67. The van der Waals surface area contributed by atoms with Gasteiger partial charge in [-0.15, -0.1) is 0 Å².